The van der Waals surface area contributed by atoms with Crippen molar-refractivity contribution in [1.82, 2.24) is 5.32 Å². The molecule has 1 aliphatic rings. The van der Waals surface area contributed by atoms with Crippen LogP contribution in [0.1, 0.15) is 72.1 Å². The van der Waals surface area contributed by atoms with E-state index in [9.17, 15) is 14.7 Å². The fourth-order valence-corrected chi connectivity index (χ4v) is 3.24. The predicted octanol–water partition coefficient (Wildman–Crippen LogP) is 3.35. The minimum atomic E-state index is -0.906. The van der Waals surface area contributed by atoms with Crippen molar-refractivity contribution >= 4 is 11.9 Å². The highest BCUT2D eigenvalue weighted by molar-refractivity contribution is 5.85. The minimum absolute atomic E-state index is 0.0897. The zero-order valence-electron chi connectivity index (χ0n) is 13.1. The second-order valence-corrected chi connectivity index (χ2v) is 6.22. The maximum Gasteiger partial charge on any atom is 0.310 e. The van der Waals surface area contributed by atoms with Gasteiger partial charge in [0, 0.05) is 12.5 Å². The SMILES string of the molecule is CCC(CC)(CC(=O)N[C@H](C)C1CCCCC1)C(=O)O. The number of hydrogen-bond donors (Lipinski definition) is 2. The van der Waals surface area contributed by atoms with E-state index in [4.69, 9.17) is 0 Å². The van der Waals surface area contributed by atoms with Crippen molar-refractivity contribution < 1.29 is 14.7 Å². The van der Waals surface area contributed by atoms with Crippen molar-refractivity contribution in [3.63, 3.8) is 0 Å². The number of rotatable bonds is 7. The number of amides is 1. The lowest BCUT2D eigenvalue weighted by molar-refractivity contribution is -0.152. The largest absolute Gasteiger partial charge is 0.481 e. The first kappa shape index (κ1) is 17.0. The summed E-state index contributed by atoms with van der Waals surface area (Å²) in [6.45, 7) is 5.74. The van der Waals surface area contributed by atoms with Gasteiger partial charge in [0.15, 0.2) is 0 Å². The number of carboxylic acids is 1. The quantitative estimate of drug-likeness (QED) is 0.753. The van der Waals surface area contributed by atoms with Crippen LogP contribution in [0, 0.1) is 11.3 Å². The smallest absolute Gasteiger partial charge is 0.310 e. The fourth-order valence-electron chi connectivity index (χ4n) is 3.24. The molecule has 20 heavy (non-hydrogen) atoms. The Balaban J connectivity index is 2.54. The van der Waals surface area contributed by atoms with Gasteiger partial charge in [0.1, 0.15) is 0 Å². The molecule has 0 unspecified atom stereocenters. The first-order valence-corrected chi connectivity index (χ1v) is 7.98. The molecule has 0 aliphatic heterocycles. The van der Waals surface area contributed by atoms with E-state index < -0.39 is 11.4 Å². The number of hydrogen-bond acceptors (Lipinski definition) is 2. The van der Waals surface area contributed by atoms with Crippen molar-refractivity contribution in [2.45, 2.75) is 78.2 Å². The maximum atomic E-state index is 12.2. The molecule has 1 saturated carbocycles. The van der Waals surface area contributed by atoms with Gasteiger partial charge >= 0.3 is 5.97 Å². The monoisotopic (exact) mass is 283 g/mol. The Morgan fingerprint density at radius 1 is 1.20 bits per heavy atom. The van der Waals surface area contributed by atoms with Crippen LogP contribution in [0.25, 0.3) is 0 Å². The Hall–Kier alpha value is -1.06. The molecule has 0 aromatic rings. The molecule has 1 atom stereocenters. The molecule has 0 heterocycles. The van der Waals surface area contributed by atoms with Crippen molar-refractivity contribution in [3.05, 3.63) is 0 Å². The molecule has 1 aliphatic carbocycles. The number of nitrogens with one attached hydrogen (secondary N) is 1. The second kappa shape index (κ2) is 7.65. The fraction of sp³-hybridized carbons (Fsp3) is 0.875. The van der Waals surface area contributed by atoms with E-state index in [0.717, 1.165) is 0 Å². The summed E-state index contributed by atoms with van der Waals surface area (Å²) in [5, 5.41) is 12.4. The zero-order valence-corrected chi connectivity index (χ0v) is 13.1. The van der Waals surface area contributed by atoms with Crippen LogP contribution in [0.5, 0.6) is 0 Å². The summed E-state index contributed by atoms with van der Waals surface area (Å²) in [6.07, 6.45) is 7.20. The van der Waals surface area contributed by atoms with Gasteiger partial charge in [0.05, 0.1) is 5.41 Å². The molecule has 1 amide bonds. The number of carboxylic acid groups (broad SMARTS) is 1. The van der Waals surface area contributed by atoms with Crippen LogP contribution in [0.15, 0.2) is 0 Å². The topological polar surface area (TPSA) is 66.4 Å². The predicted molar refractivity (Wildman–Crippen MR) is 79.4 cm³/mol. The third kappa shape index (κ3) is 4.22. The summed E-state index contributed by atoms with van der Waals surface area (Å²) in [5.41, 5.74) is -0.906. The van der Waals surface area contributed by atoms with Crippen LogP contribution in [0.2, 0.25) is 0 Å². The molecule has 2 N–H and O–H groups in total. The average molecular weight is 283 g/mol. The van der Waals surface area contributed by atoms with E-state index in [1.54, 1.807) is 0 Å². The zero-order chi connectivity index (χ0) is 15.2. The van der Waals surface area contributed by atoms with Crippen molar-refractivity contribution in [2.75, 3.05) is 0 Å². The Morgan fingerprint density at radius 3 is 2.20 bits per heavy atom. The van der Waals surface area contributed by atoms with Crippen molar-refractivity contribution in [1.29, 1.82) is 0 Å². The maximum absolute atomic E-state index is 12.2. The van der Waals surface area contributed by atoms with E-state index in [2.05, 4.69) is 5.32 Å². The molecule has 4 nitrogen and oxygen atoms in total. The van der Waals surface area contributed by atoms with E-state index in [-0.39, 0.29) is 18.4 Å². The molecule has 4 heteroatoms. The third-order valence-corrected chi connectivity index (χ3v) is 5.05. The van der Waals surface area contributed by atoms with Gasteiger partial charge in [-0.05, 0) is 38.5 Å². The normalized spacial score (nSPS) is 18.6. The molecular weight excluding hydrogens is 254 g/mol. The standard InChI is InChI=1S/C16H29NO3/c1-4-16(5-2,15(19)20)11-14(18)17-12(3)13-9-7-6-8-10-13/h12-13H,4-11H2,1-3H3,(H,17,18)(H,19,20)/t12-/m1/s1. The van der Waals surface area contributed by atoms with Crippen molar-refractivity contribution in [2.24, 2.45) is 11.3 Å². The number of carbonyl (C=O) groups is 2. The summed E-state index contributed by atoms with van der Waals surface area (Å²) in [5.74, 6) is -0.424. The lowest BCUT2D eigenvalue weighted by atomic mass is 9.78. The average Bonchev–Trinajstić information content (AvgIpc) is 2.45. The molecule has 1 fully saturated rings. The molecule has 0 bridgehead atoms. The lowest BCUT2D eigenvalue weighted by Gasteiger charge is -2.30. The van der Waals surface area contributed by atoms with Gasteiger partial charge < -0.3 is 10.4 Å². The Labute approximate surface area is 122 Å². The molecule has 0 aromatic carbocycles. The van der Waals surface area contributed by atoms with Crippen LogP contribution in [-0.2, 0) is 9.59 Å². The third-order valence-electron chi connectivity index (χ3n) is 5.05. The summed E-state index contributed by atoms with van der Waals surface area (Å²) in [7, 11) is 0. The summed E-state index contributed by atoms with van der Waals surface area (Å²) >= 11 is 0. The van der Waals surface area contributed by atoms with Crippen molar-refractivity contribution in [3.8, 4) is 0 Å². The lowest BCUT2D eigenvalue weighted by Crippen LogP contribution is -2.43. The van der Waals surface area contributed by atoms with Gasteiger partial charge in [0.25, 0.3) is 0 Å². The van der Waals surface area contributed by atoms with E-state index in [0.29, 0.717) is 18.8 Å². The van der Waals surface area contributed by atoms with Gasteiger partial charge in [-0.3, -0.25) is 9.59 Å². The summed E-state index contributed by atoms with van der Waals surface area (Å²) in [4.78, 5) is 23.6. The van der Waals surface area contributed by atoms with E-state index in [1.807, 2.05) is 20.8 Å². The Kier molecular flexibility index (Phi) is 6.50. The molecule has 1 rings (SSSR count). The summed E-state index contributed by atoms with van der Waals surface area (Å²) in [6, 6.07) is 0.156. The minimum Gasteiger partial charge on any atom is -0.481 e. The Morgan fingerprint density at radius 2 is 1.75 bits per heavy atom. The van der Waals surface area contributed by atoms with Crippen LogP contribution < -0.4 is 5.32 Å². The van der Waals surface area contributed by atoms with Gasteiger partial charge in [-0.15, -0.1) is 0 Å². The first-order chi connectivity index (χ1) is 9.45. The number of carbonyl (C=O) groups excluding carboxylic acids is 1. The number of aliphatic carboxylic acids is 1. The second-order valence-electron chi connectivity index (χ2n) is 6.22. The molecule has 116 valence electrons. The van der Waals surface area contributed by atoms with E-state index >= 15 is 0 Å². The molecular formula is C16H29NO3. The van der Waals surface area contributed by atoms with Gasteiger partial charge in [-0.2, -0.15) is 0 Å². The molecule has 0 aromatic heterocycles. The highest BCUT2D eigenvalue weighted by Crippen LogP contribution is 2.31. The molecule has 0 radical (unpaired) electrons. The highest BCUT2D eigenvalue weighted by Gasteiger charge is 2.37. The first-order valence-electron chi connectivity index (χ1n) is 7.98. The summed E-state index contributed by atoms with van der Waals surface area (Å²) < 4.78 is 0. The van der Waals surface area contributed by atoms with Gasteiger partial charge in [-0.25, -0.2) is 0 Å². The van der Waals surface area contributed by atoms with Crippen LogP contribution in [-0.4, -0.2) is 23.0 Å². The molecule has 0 spiro atoms. The van der Waals surface area contributed by atoms with Crippen LogP contribution in [0.3, 0.4) is 0 Å². The molecule has 0 saturated heterocycles. The van der Waals surface area contributed by atoms with E-state index in [1.165, 1.54) is 32.1 Å². The van der Waals surface area contributed by atoms with Gasteiger partial charge in [-0.1, -0.05) is 33.1 Å². The Bertz CT molecular complexity index is 331. The van der Waals surface area contributed by atoms with Gasteiger partial charge in [0.2, 0.25) is 5.91 Å². The van der Waals surface area contributed by atoms with Crippen LogP contribution in [0.4, 0.5) is 0 Å². The van der Waals surface area contributed by atoms with Crippen LogP contribution >= 0.6 is 0 Å². The highest BCUT2D eigenvalue weighted by atomic mass is 16.4.